The minimum atomic E-state index is 0.692. The number of ether oxygens (including phenoxy) is 2. The molecule has 4 aromatic carbocycles. The van der Waals surface area contributed by atoms with E-state index in [4.69, 9.17) is 9.47 Å². The van der Waals surface area contributed by atoms with E-state index in [1.807, 2.05) is 67.9 Å². The van der Waals surface area contributed by atoms with Crippen molar-refractivity contribution in [2.24, 2.45) is 9.98 Å². The van der Waals surface area contributed by atoms with Gasteiger partial charge in [-0.1, -0.05) is 57.9 Å². The van der Waals surface area contributed by atoms with Gasteiger partial charge in [-0.05, 0) is 134 Å². The molecule has 226 valence electrons. The van der Waals surface area contributed by atoms with Crippen LogP contribution >= 0.6 is 0 Å². The minimum absolute atomic E-state index is 0.692. The van der Waals surface area contributed by atoms with Crippen molar-refractivity contribution in [3.63, 3.8) is 0 Å². The molecule has 0 atom stereocenters. The van der Waals surface area contributed by atoms with Crippen molar-refractivity contribution in [2.45, 2.75) is 72.6 Å². The van der Waals surface area contributed by atoms with Crippen LogP contribution in [0.5, 0.6) is 11.5 Å². The van der Waals surface area contributed by atoms with E-state index in [9.17, 15) is 0 Å². The van der Waals surface area contributed by atoms with Crippen LogP contribution in [0.1, 0.15) is 82.1 Å². The molecule has 0 aliphatic rings. The summed E-state index contributed by atoms with van der Waals surface area (Å²) in [5, 5.41) is 0. The van der Waals surface area contributed by atoms with Gasteiger partial charge in [-0.25, -0.2) is 0 Å². The predicted octanol–water partition coefficient (Wildman–Crippen LogP) is 10.7. The lowest BCUT2D eigenvalue weighted by Gasteiger charge is -2.04. The van der Waals surface area contributed by atoms with Crippen molar-refractivity contribution in [2.75, 3.05) is 13.2 Å². The summed E-state index contributed by atoms with van der Waals surface area (Å²) in [6.07, 6.45) is 12.1. The quantitative estimate of drug-likeness (QED) is 0.132. The van der Waals surface area contributed by atoms with E-state index in [0.717, 1.165) is 59.9 Å². The second-order valence-corrected chi connectivity index (χ2v) is 10.5. The van der Waals surface area contributed by atoms with Crippen LogP contribution in [0.25, 0.3) is 0 Å². The summed E-state index contributed by atoms with van der Waals surface area (Å²) in [6, 6.07) is 33.0. The standard InChI is InChI=1S/C20H25NO.C19H23NO/c1-3-5-6-17-7-11-19(12-8-17)21-16-18-9-13-20(14-10-18)22-15-4-2;1-3-5-6-16-7-11-18(12-8-16)20-15-17-9-13-19(14-10-17)21-4-2/h7-14,16H,3-6,15H2,1-2H3;7-15H,3-6H2,1-2H3. The molecule has 43 heavy (non-hydrogen) atoms. The number of aryl methyl sites for hydroxylation is 2. The van der Waals surface area contributed by atoms with E-state index in [1.54, 1.807) is 0 Å². The van der Waals surface area contributed by atoms with E-state index >= 15 is 0 Å². The van der Waals surface area contributed by atoms with Gasteiger partial charge in [-0.2, -0.15) is 0 Å². The molecule has 4 nitrogen and oxygen atoms in total. The Labute approximate surface area is 259 Å². The Morgan fingerprint density at radius 1 is 0.488 bits per heavy atom. The van der Waals surface area contributed by atoms with Crippen molar-refractivity contribution < 1.29 is 9.47 Å². The van der Waals surface area contributed by atoms with E-state index < -0.39 is 0 Å². The summed E-state index contributed by atoms with van der Waals surface area (Å²) >= 11 is 0. The molecule has 0 N–H and O–H groups in total. The molecule has 0 aliphatic heterocycles. The maximum Gasteiger partial charge on any atom is 0.119 e. The van der Waals surface area contributed by atoms with Gasteiger partial charge in [0.15, 0.2) is 0 Å². The Bertz CT molecular complexity index is 1290. The molecule has 0 saturated carbocycles. The van der Waals surface area contributed by atoms with Crippen LogP contribution in [0.4, 0.5) is 11.4 Å². The highest BCUT2D eigenvalue weighted by molar-refractivity contribution is 5.82. The second-order valence-electron chi connectivity index (χ2n) is 10.5. The van der Waals surface area contributed by atoms with Gasteiger partial charge in [-0.15, -0.1) is 0 Å². The van der Waals surface area contributed by atoms with E-state index in [-0.39, 0.29) is 0 Å². The molecule has 0 aliphatic carbocycles. The third-order valence-electron chi connectivity index (χ3n) is 6.78. The second kappa shape index (κ2) is 19.9. The van der Waals surface area contributed by atoms with E-state index in [0.29, 0.717) is 6.61 Å². The number of benzene rings is 4. The molecule has 4 aromatic rings. The molecule has 0 saturated heterocycles. The highest BCUT2D eigenvalue weighted by Gasteiger charge is 1.97. The zero-order valence-electron chi connectivity index (χ0n) is 26.5. The van der Waals surface area contributed by atoms with E-state index in [1.165, 1.54) is 36.8 Å². The summed E-state index contributed by atoms with van der Waals surface area (Å²) in [7, 11) is 0. The predicted molar refractivity (Wildman–Crippen MR) is 184 cm³/mol. The van der Waals surface area contributed by atoms with Gasteiger partial charge in [0, 0.05) is 12.4 Å². The summed E-state index contributed by atoms with van der Waals surface area (Å²) in [4.78, 5) is 9.03. The molecule has 0 spiro atoms. The summed E-state index contributed by atoms with van der Waals surface area (Å²) in [6.45, 7) is 9.98. The molecular formula is C39H48N2O2. The van der Waals surface area contributed by atoms with Crippen LogP contribution in [0.15, 0.2) is 107 Å². The molecule has 0 heterocycles. The van der Waals surface area contributed by atoms with Crippen LogP contribution in [-0.2, 0) is 12.8 Å². The fourth-order valence-electron chi connectivity index (χ4n) is 4.24. The lowest BCUT2D eigenvalue weighted by Crippen LogP contribution is -1.94. The smallest absolute Gasteiger partial charge is 0.119 e. The number of unbranched alkanes of at least 4 members (excludes halogenated alkanes) is 2. The van der Waals surface area contributed by atoms with Crippen LogP contribution in [0.2, 0.25) is 0 Å². The lowest BCUT2D eigenvalue weighted by molar-refractivity contribution is 0.317. The molecule has 0 unspecified atom stereocenters. The van der Waals surface area contributed by atoms with Crippen LogP contribution in [-0.4, -0.2) is 25.6 Å². The van der Waals surface area contributed by atoms with Gasteiger partial charge < -0.3 is 9.47 Å². The van der Waals surface area contributed by atoms with Gasteiger partial charge in [0.2, 0.25) is 0 Å². The van der Waals surface area contributed by atoms with E-state index in [2.05, 4.69) is 79.3 Å². The van der Waals surface area contributed by atoms with Crippen molar-refractivity contribution in [1.82, 2.24) is 0 Å². The minimum Gasteiger partial charge on any atom is -0.494 e. The first kappa shape index (κ1) is 33.3. The third-order valence-corrected chi connectivity index (χ3v) is 6.78. The first-order chi connectivity index (χ1) is 21.1. The van der Waals surface area contributed by atoms with Crippen molar-refractivity contribution in [3.8, 4) is 11.5 Å². The lowest BCUT2D eigenvalue weighted by atomic mass is 10.1. The number of nitrogens with zero attached hydrogens (tertiary/aromatic N) is 2. The third kappa shape index (κ3) is 13.1. The molecule has 0 fully saturated rings. The zero-order chi connectivity index (χ0) is 30.5. The number of hydrogen-bond acceptors (Lipinski definition) is 4. The SMILES string of the molecule is CCCCc1ccc(N=Cc2ccc(OCC)cc2)cc1.CCCCc1ccc(N=Cc2ccc(OCCC)cc2)cc1. The fourth-order valence-corrected chi connectivity index (χ4v) is 4.24. The number of rotatable bonds is 15. The average Bonchev–Trinajstić information content (AvgIpc) is 3.06. The van der Waals surface area contributed by atoms with Crippen molar-refractivity contribution in [3.05, 3.63) is 119 Å². The number of aliphatic imine (C=N–C) groups is 2. The first-order valence-corrected chi connectivity index (χ1v) is 15.8. The van der Waals surface area contributed by atoms with Gasteiger partial charge in [0.1, 0.15) is 11.5 Å². The maximum atomic E-state index is 5.57. The molecule has 0 bridgehead atoms. The zero-order valence-corrected chi connectivity index (χ0v) is 26.5. The summed E-state index contributed by atoms with van der Waals surface area (Å²) < 4.78 is 11.0. The van der Waals surface area contributed by atoms with Crippen molar-refractivity contribution >= 4 is 23.8 Å². The molecule has 4 rings (SSSR count). The van der Waals surface area contributed by atoms with Gasteiger partial charge in [0.05, 0.1) is 24.6 Å². The van der Waals surface area contributed by atoms with Gasteiger partial charge in [0.25, 0.3) is 0 Å². The highest BCUT2D eigenvalue weighted by atomic mass is 16.5. The Morgan fingerprint density at radius 2 is 0.907 bits per heavy atom. The Morgan fingerprint density at radius 3 is 1.28 bits per heavy atom. The van der Waals surface area contributed by atoms with Crippen LogP contribution < -0.4 is 9.47 Å². The van der Waals surface area contributed by atoms with Crippen LogP contribution in [0, 0.1) is 0 Å². The Balaban J connectivity index is 0.000000236. The molecule has 0 radical (unpaired) electrons. The molecule has 0 amide bonds. The maximum absolute atomic E-state index is 5.57. The van der Waals surface area contributed by atoms with Crippen molar-refractivity contribution in [1.29, 1.82) is 0 Å². The Kier molecular flexibility index (Phi) is 15.4. The Hall–Kier alpha value is -4.18. The first-order valence-electron chi connectivity index (χ1n) is 15.8. The number of hydrogen-bond donors (Lipinski definition) is 0. The normalized spacial score (nSPS) is 11.0. The fraction of sp³-hybridized carbons (Fsp3) is 0.333. The molecule has 0 aromatic heterocycles. The molecule has 4 heteroatoms. The van der Waals surface area contributed by atoms with Gasteiger partial charge >= 0.3 is 0 Å². The summed E-state index contributed by atoms with van der Waals surface area (Å²) in [5.74, 6) is 1.81. The average molecular weight is 577 g/mol. The monoisotopic (exact) mass is 576 g/mol. The highest BCUT2D eigenvalue weighted by Crippen LogP contribution is 2.17. The van der Waals surface area contributed by atoms with Crippen LogP contribution in [0.3, 0.4) is 0 Å². The van der Waals surface area contributed by atoms with Gasteiger partial charge in [-0.3, -0.25) is 9.98 Å². The largest absolute Gasteiger partial charge is 0.494 e. The molecular weight excluding hydrogens is 528 g/mol. The topological polar surface area (TPSA) is 43.2 Å². The summed E-state index contributed by atoms with van der Waals surface area (Å²) in [5.41, 5.74) is 6.92.